The van der Waals surface area contributed by atoms with Gasteiger partial charge in [0.1, 0.15) is 0 Å². The number of hydrazine groups is 1. The maximum Gasteiger partial charge on any atom is 0.305 e. The minimum atomic E-state index is -0.117. The van der Waals surface area contributed by atoms with Crippen molar-refractivity contribution in [3.63, 3.8) is 0 Å². The smallest absolute Gasteiger partial charge is 0.305 e. The zero-order chi connectivity index (χ0) is 9.42. The van der Waals surface area contributed by atoms with E-state index >= 15 is 0 Å². The number of benzene rings is 1. The second-order valence-corrected chi connectivity index (χ2v) is 3.94. The molecular weight excluding hydrogens is 210 g/mol. The van der Waals surface area contributed by atoms with Gasteiger partial charge in [-0.1, -0.05) is 22.9 Å². The van der Waals surface area contributed by atoms with Gasteiger partial charge in [0, 0.05) is 5.02 Å². The third-order valence-electron chi connectivity index (χ3n) is 1.65. The molecule has 2 rings (SSSR count). The quantitative estimate of drug-likeness (QED) is 0.499. The third kappa shape index (κ3) is 1.41. The molecule has 2 aromatic rings. The van der Waals surface area contributed by atoms with E-state index in [9.17, 15) is 4.79 Å². The molecule has 0 aliphatic carbocycles. The molecule has 0 amide bonds. The molecule has 1 aromatic heterocycles. The Morgan fingerprint density at radius 1 is 1.54 bits per heavy atom. The molecule has 0 aliphatic heterocycles. The van der Waals surface area contributed by atoms with E-state index in [0.717, 1.165) is 16.0 Å². The standard InChI is InChI=1S/C7H6ClN3OS/c8-3-1-4(11-9)6-5(2-3)13-7(12)10-6/h1-2,11H,9H2,(H,10,12). The fourth-order valence-electron chi connectivity index (χ4n) is 1.13. The zero-order valence-corrected chi connectivity index (χ0v) is 8.00. The van der Waals surface area contributed by atoms with Gasteiger partial charge >= 0.3 is 4.87 Å². The Bertz CT molecular complexity index is 504. The topological polar surface area (TPSA) is 70.9 Å². The number of fused-ring (bicyclic) bond motifs is 1. The molecule has 0 radical (unpaired) electrons. The van der Waals surface area contributed by atoms with Gasteiger partial charge in [-0.3, -0.25) is 10.6 Å². The number of halogens is 1. The Hall–Kier alpha value is -1.04. The van der Waals surface area contributed by atoms with E-state index in [4.69, 9.17) is 17.4 Å². The van der Waals surface area contributed by atoms with Crippen LogP contribution in [0.1, 0.15) is 0 Å². The molecule has 13 heavy (non-hydrogen) atoms. The van der Waals surface area contributed by atoms with Crippen molar-refractivity contribution in [1.29, 1.82) is 0 Å². The molecule has 1 aromatic carbocycles. The minimum absolute atomic E-state index is 0.117. The third-order valence-corrected chi connectivity index (χ3v) is 2.70. The van der Waals surface area contributed by atoms with E-state index in [1.807, 2.05) is 0 Å². The Morgan fingerprint density at radius 2 is 2.31 bits per heavy atom. The van der Waals surface area contributed by atoms with Gasteiger partial charge in [0.05, 0.1) is 15.9 Å². The number of aromatic amines is 1. The average Bonchev–Trinajstić information content (AvgIpc) is 2.43. The number of hydrogen-bond donors (Lipinski definition) is 3. The maximum atomic E-state index is 11.0. The van der Waals surface area contributed by atoms with Crippen LogP contribution in [0, 0.1) is 0 Å². The van der Waals surface area contributed by atoms with Crippen molar-refractivity contribution >= 4 is 38.8 Å². The maximum absolute atomic E-state index is 11.0. The van der Waals surface area contributed by atoms with Crippen LogP contribution < -0.4 is 16.1 Å². The Morgan fingerprint density at radius 3 is 3.00 bits per heavy atom. The molecule has 0 unspecified atom stereocenters. The van der Waals surface area contributed by atoms with E-state index < -0.39 is 0 Å². The summed E-state index contributed by atoms with van der Waals surface area (Å²) in [5.41, 5.74) is 3.80. The fourth-order valence-corrected chi connectivity index (χ4v) is 2.22. The summed E-state index contributed by atoms with van der Waals surface area (Å²) in [7, 11) is 0. The normalized spacial score (nSPS) is 10.6. The molecule has 68 valence electrons. The van der Waals surface area contributed by atoms with Gasteiger partial charge in [0.25, 0.3) is 0 Å². The summed E-state index contributed by atoms with van der Waals surface area (Å²) in [6.07, 6.45) is 0. The van der Waals surface area contributed by atoms with E-state index in [1.165, 1.54) is 0 Å². The van der Waals surface area contributed by atoms with Crippen molar-refractivity contribution in [2.75, 3.05) is 5.43 Å². The van der Waals surface area contributed by atoms with E-state index in [0.29, 0.717) is 16.2 Å². The summed E-state index contributed by atoms with van der Waals surface area (Å²) >= 11 is 6.91. The first kappa shape index (κ1) is 8.55. The number of hydrogen-bond acceptors (Lipinski definition) is 4. The van der Waals surface area contributed by atoms with Crippen LogP contribution in [-0.2, 0) is 0 Å². The lowest BCUT2D eigenvalue weighted by Gasteiger charge is -2.01. The Balaban J connectivity index is 2.88. The second kappa shape index (κ2) is 3.02. The fraction of sp³-hybridized carbons (Fsp3) is 0. The number of nitrogens with one attached hydrogen (secondary N) is 2. The monoisotopic (exact) mass is 215 g/mol. The van der Waals surface area contributed by atoms with Crippen LogP contribution in [0.5, 0.6) is 0 Å². The SMILES string of the molecule is NNc1cc(Cl)cc2sc(=O)[nH]c12. The first-order valence-corrected chi connectivity index (χ1v) is 4.69. The lowest BCUT2D eigenvalue weighted by Crippen LogP contribution is -2.07. The molecule has 0 fully saturated rings. The number of nitrogens with two attached hydrogens (primary N) is 1. The summed E-state index contributed by atoms with van der Waals surface area (Å²) in [5, 5.41) is 0.552. The summed E-state index contributed by atoms with van der Waals surface area (Å²) in [5.74, 6) is 5.27. The molecule has 0 atom stereocenters. The van der Waals surface area contributed by atoms with Gasteiger partial charge in [-0.15, -0.1) is 0 Å². The van der Waals surface area contributed by atoms with E-state index in [2.05, 4.69) is 10.4 Å². The van der Waals surface area contributed by atoms with Gasteiger partial charge in [0.2, 0.25) is 0 Å². The van der Waals surface area contributed by atoms with Crippen molar-refractivity contribution in [2.24, 2.45) is 5.84 Å². The predicted molar refractivity (Wildman–Crippen MR) is 55.3 cm³/mol. The van der Waals surface area contributed by atoms with Crippen LogP contribution >= 0.6 is 22.9 Å². The van der Waals surface area contributed by atoms with Crippen molar-refractivity contribution in [3.8, 4) is 0 Å². The highest BCUT2D eigenvalue weighted by Gasteiger charge is 2.05. The van der Waals surface area contributed by atoms with Crippen molar-refractivity contribution in [2.45, 2.75) is 0 Å². The van der Waals surface area contributed by atoms with Crippen LogP contribution in [0.3, 0.4) is 0 Å². The molecule has 6 heteroatoms. The van der Waals surface area contributed by atoms with Crippen LogP contribution in [0.2, 0.25) is 5.02 Å². The van der Waals surface area contributed by atoms with Crippen LogP contribution in [0.15, 0.2) is 16.9 Å². The Kier molecular flexibility index (Phi) is 1.99. The van der Waals surface area contributed by atoms with Crippen molar-refractivity contribution in [3.05, 3.63) is 26.8 Å². The highest BCUT2D eigenvalue weighted by atomic mass is 35.5. The van der Waals surface area contributed by atoms with Crippen molar-refractivity contribution < 1.29 is 0 Å². The largest absolute Gasteiger partial charge is 0.322 e. The van der Waals surface area contributed by atoms with Gasteiger partial charge in [-0.25, -0.2) is 0 Å². The highest BCUT2D eigenvalue weighted by Crippen LogP contribution is 2.27. The lowest BCUT2D eigenvalue weighted by molar-refractivity contribution is 1.33. The number of nitrogen functional groups attached to an aromatic ring is 1. The number of thiazole rings is 1. The number of rotatable bonds is 1. The second-order valence-electron chi connectivity index (χ2n) is 2.49. The van der Waals surface area contributed by atoms with Crippen LogP contribution in [0.25, 0.3) is 10.2 Å². The summed E-state index contributed by atoms with van der Waals surface area (Å²) in [6, 6.07) is 3.38. The first-order valence-electron chi connectivity index (χ1n) is 3.49. The van der Waals surface area contributed by atoms with E-state index in [1.54, 1.807) is 12.1 Å². The summed E-state index contributed by atoms with van der Waals surface area (Å²) in [6.45, 7) is 0. The van der Waals surface area contributed by atoms with E-state index in [-0.39, 0.29) is 4.87 Å². The van der Waals surface area contributed by atoms with Gasteiger partial charge in [-0.2, -0.15) is 0 Å². The van der Waals surface area contributed by atoms with Gasteiger partial charge in [-0.05, 0) is 12.1 Å². The van der Waals surface area contributed by atoms with Crippen LogP contribution in [-0.4, -0.2) is 4.98 Å². The molecule has 0 aliphatic rings. The zero-order valence-electron chi connectivity index (χ0n) is 6.43. The molecule has 4 nitrogen and oxygen atoms in total. The molecular formula is C7H6ClN3OS. The molecule has 0 spiro atoms. The molecule has 1 heterocycles. The highest BCUT2D eigenvalue weighted by molar-refractivity contribution is 7.16. The Labute approximate surface area is 82.3 Å². The van der Waals surface area contributed by atoms with Crippen LogP contribution in [0.4, 0.5) is 5.69 Å². The predicted octanol–water partition coefficient (Wildman–Crippen LogP) is 1.53. The molecule has 0 saturated carbocycles. The minimum Gasteiger partial charge on any atom is -0.322 e. The summed E-state index contributed by atoms with van der Waals surface area (Å²) in [4.78, 5) is 13.6. The lowest BCUT2D eigenvalue weighted by atomic mass is 10.3. The average molecular weight is 216 g/mol. The molecule has 0 bridgehead atoms. The number of H-pyrrole nitrogens is 1. The number of anilines is 1. The number of aromatic nitrogens is 1. The summed E-state index contributed by atoms with van der Waals surface area (Å²) < 4.78 is 0.797. The van der Waals surface area contributed by atoms with Crippen molar-refractivity contribution in [1.82, 2.24) is 4.98 Å². The molecule has 4 N–H and O–H groups in total. The van der Waals surface area contributed by atoms with Gasteiger partial charge < -0.3 is 10.4 Å². The molecule has 0 saturated heterocycles. The van der Waals surface area contributed by atoms with Gasteiger partial charge in [0.15, 0.2) is 0 Å². The first-order chi connectivity index (χ1) is 6.20.